The molecule has 5 heteroatoms. The van der Waals surface area contributed by atoms with E-state index >= 15 is 0 Å². The van der Waals surface area contributed by atoms with E-state index in [0.29, 0.717) is 12.1 Å². The van der Waals surface area contributed by atoms with Crippen LogP contribution in [-0.4, -0.2) is 31.3 Å². The van der Waals surface area contributed by atoms with Crippen molar-refractivity contribution in [3.05, 3.63) is 35.6 Å². The van der Waals surface area contributed by atoms with Gasteiger partial charge in [0.25, 0.3) is 0 Å². The van der Waals surface area contributed by atoms with Crippen LogP contribution in [0.4, 0.5) is 9.18 Å². The van der Waals surface area contributed by atoms with Crippen LogP contribution in [0.1, 0.15) is 30.7 Å². The van der Waals surface area contributed by atoms with Crippen molar-refractivity contribution in [1.29, 1.82) is 0 Å². The van der Waals surface area contributed by atoms with Crippen molar-refractivity contribution < 1.29 is 13.9 Å². The van der Waals surface area contributed by atoms with Crippen LogP contribution in [0.5, 0.6) is 0 Å². The van der Waals surface area contributed by atoms with E-state index in [9.17, 15) is 9.18 Å². The fourth-order valence-electron chi connectivity index (χ4n) is 2.71. The maximum absolute atomic E-state index is 13.6. The van der Waals surface area contributed by atoms with Gasteiger partial charge in [-0.05, 0) is 30.9 Å². The van der Waals surface area contributed by atoms with Gasteiger partial charge < -0.3 is 15.4 Å². The zero-order valence-corrected chi connectivity index (χ0v) is 11.3. The minimum Gasteiger partial charge on any atom is -0.376 e. The number of amides is 2. The molecule has 1 aromatic carbocycles. The van der Waals surface area contributed by atoms with Gasteiger partial charge in [0.2, 0.25) is 0 Å². The van der Waals surface area contributed by atoms with Crippen LogP contribution < -0.4 is 10.6 Å². The second-order valence-electron chi connectivity index (χ2n) is 5.46. The Morgan fingerprint density at radius 3 is 3.00 bits per heavy atom. The highest BCUT2D eigenvalue weighted by molar-refractivity contribution is 5.75. The molecule has 0 bridgehead atoms. The van der Waals surface area contributed by atoms with Gasteiger partial charge in [0.15, 0.2) is 0 Å². The van der Waals surface area contributed by atoms with Crippen LogP contribution in [-0.2, 0) is 4.74 Å². The molecule has 3 atom stereocenters. The summed E-state index contributed by atoms with van der Waals surface area (Å²) in [6.07, 6.45) is 3.00. The molecule has 1 aliphatic carbocycles. The van der Waals surface area contributed by atoms with E-state index in [1.54, 1.807) is 12.1 Å². The Balaban J connectivity index is 1.43. The molecule has 2 N–H and O–H groups in total. The standard InChI is InChI=1S/C15H19FN2O2/c16-13-6-2-1-5-11(13)12-8-14(12)18-15(19)17-9-10-4-3-7-20-10/h1-2,5-6,10,12,14H,3-4,7-9H2,(H2,17,18,19)/t10-,12+,14-/m0/s1. The second-order valence-corrected chi connectivity index (χ2v) is 5.46. The van der Waals surface area contributed by atoms with Gasteiger partial charge in [0, 0.05) is 25.1 Å². The summed E-state index contributed by atoms with van der Waals surface area (Å²) >= 11 is 0. The number of hydrogen-bond donors (Lipinski definition) is 2. The monoisotopic (exact) mass is 278 g/mol. The molecule has 3 rings (SSSR count). The molecule has 0 spiro atoms. The van der Waals surface area contributed by atoms with Crippen LogP contribution in [0.2, 0.25) is 0 Å². The van der Waals surface area contributed by atoms with Crippen molar-refractivity contribution in [3.63, 3.8) is 0 Å². The molecule has 4 nitrogen and oxygen atoms in total. The highest BCUT2D eigenvalue weighted by Crippen LogP contribution is 2.41. The number of nitrogens with one attached hydrogen (secondary N) is 2. The topological polar surface area (TPSA) is 50.4 Å². The Bertz CT molecular complexity index is 489. The SMILES string of the molecule is O=C(NC[C@@H]1CCCO1)N[C@H]1C[C@@H]1c1ccccc1F. The molecule has 2 fully saturated rings. The molecule has 1 heterocycles. The third kappa shape index (κ3) is 3.10. The van der Waals surface area contributed by atoms with Gasteiger partial charge >= 0.3 is 6.03 Å². The lowest BCUT2D eigenvalue weighted by molar-refractivity contribution is 0.111. The van der Waals surface area contributed by atoms with Crippen molar-refractivity contribution in [3.8, 4) is 0 Å². The lowest BCUT2D eigenvalue weighted by atomic mass is 10.1. The molecule has 0 unspecified atom stereocenters. The fraction of sp³-hybridized carbons (Fsp3) is 0.533. The first-order valence-corrected chi connectivity index (χ1v) is 7.14. The number of ether oxygens (including phenoxy) is 1. The number of carbonyl (C=O) groups excluding carboxylic acids is 1. The third-order valence-corrected chi connectivity index (χ3v) is 3.93. The summed E-state index contributed by atoms with van der Waals surface area (Å²) < 4.78 is 19.0. The van der Waals surface area contributed by atoms with Crippen molar-refractivity contribution >= 4 is 6.03 Å². The molecule has 20 heavy (non-hydrogen) atoms. The summed E-state index contributed by atoms with van der Waals surface area (Å²) in [5.41, 5.74) is 0.692. The van der Waals surface area contributed by atoms with Crippen LogP contribution >= 0.6 is 0 Å². The molecule has 1 aliphatic heterocycles. The molecule has 2 amide bonds. The van der Waals surface area contributed by atoms with Crippen LogP contribution in [0.25, 0.3) is 0 Å². The van der Waals surface area contributed by atoms with E-state index in [2.05, 4.69) is 10.6 Å². The second kappa shape index (κ2) is 5.79. The lowest BCUT2D eigenvalue weighted by Gasteiger charge is -2.11. The van der Waals surface area contributed by atoms with Crippen LogP contribution in [0, 0.1) is 5.82 Å². The average molecular weight is 278 g/mol. The molecule has 108 valence electrons. The van der Waals surface area contributed by atoms with E-state index in [0.717, 1.165) is 25.9 Å². The first-order valence-electron chi connectivity index (χ1n) is 7.14. The maximum atomic E-state index is 13.6. The van der Waals surface area contributed by atoms with Gasteiger partial charge in [-0.2, -0.15) is 0 Å². The molecular weight excluding hydrogens is 259 g/mol. The predicted molar refractivity (Wildman–Crippen MR) is 73.1 cm³/mol. The summed E-state index contributed by atoms with van der Waals surface area (Å²) in [6, 6.07) is 6.60. The first-order chi connectivity index (χ1) is 9.74. The van der Waals surface area contributed by atoms with Crippen LogP contribution in [0.3, 0.4) is 0 Å². The van der Waals surface area contributed by atoms with Gasteiger partial charge in [-0.25, -0.2) is 9.18 Å². The lowest BCUT2D eigenvalue weighted by Crippen LogP contribution is -2.40. The van der Waals surface area contributed by atoms with Gasteiger partial charge in [0.1, 0.15) is 5.82 Å². The Kier molecular flexibility index (Phi) is 3.87. The minimum atomic E-state index is -0.193. The molecule has 1 saturated carbocycles. The highest BCUT2D eigenvalue weighted by Gasteiger charge is 2.40. The van der Waals surface area contributed by atoms with E-state index in [4.69, 9.17) is 4.74 Å². The number of benzene rings is 1. The Morgan fingerprint density at radius 1 is 1.40 bits per heavy atom. The fourth-order valence-corrected chi connectivity index (χ4v) is 2.71. The predicted octanol–water partition coefficient (Wildman–Crippen LogP) is 2.16. The van der Waals surface area contributed by atoms with Gasteiger partial charge in [-0.1, -0.05) is 18.2 Å². The van der Waals surface area contributed by atoms with Crippen LogP contribution in [0.15, 0.2) is 24.3 Å². The van der Waals surface area contributed by atoms with Gasteiger partial charge in [-0.3, -0.25) is 0 Å². The molecule has 1 aromatic rings. The molecule has 2 aliphatic rings. The number of halogens is 1. The van der Waals surface area contributed by atoms with Gasteiger partial charge in [0.05, 0.1) is 6.10 Å². The summed E-state index contributed by atoms with van der Waals surface area (Å²) in [6.45, 7) is 1.33. The molecule has 1 saturated heterocycles. The molecular formula is C15H19FN2O2. The normalized spacial score (nSPS) is 28.1. The zero-order chi connectivity index (χ0) is 13.9. The number of urea groups is 1. The smallest absolute Gasteiger partial charge is 0.315 e. The summed E-state index contributed by atoms with van der Waals surface area (Å²) in [5.74, 6) is -0.0914. The van der Waals surface area contributed by atoms with Gasteiger partial charge in [-0.15, -0.1) is 0 Å². The summed E-state index contributed by atoms with van der Waals surface area (Å²) in [5, 5.41) is 5.70. The first kappa shape index (κ1) is 13.4. The summed E-state index contributed by atoms with van der Waals surface area (Å²) in [7, 11) is 0. The van der Waals surface area contributed by atoms with Crippen molar-refractivity contribution in [1.82, 2.24) is 10.6 Å². The van der Waals surface area contributed by atoms with E-state index in [1.165, 1.54) is 6.07 Å². The summed E-state index contributed by atoms with van der Waals surface area (Å²) in [4.78, 5) is 11.7. The maximum Gasteiger partial charge on any atom is 0.315 e. The Morgan fingerprint density at radius 2 is 2.25 bits per heavy atom. The highest BCUT2D eigenvalue weighted by atomic mass is 19.1. The van der Waals surface area contributed by atoms with Crippen molar-refractivity contribution in [2.45, 2.75) is 37.3 Å². The largest absolute Gasteiger partial charge is 0.376 e. The zero-order valence-electron chi connectivity index (χ0n) is 11.3. The Labute approximate surface area is 117 Å². The third-order valence-electron chi connectivity index (χ3n) is 3.93. The Hall–Kier alpha value is -1.62. The van der Waals surface area contributed by atoms with E-state index in [1.807, 2.05) is 6.07 Å². The van der Waals surface area contributed by atoms with E-state index in [-0.39, 0.29) is 29.9 Å². The molecule has 0 aromatic heterocycles. The number of rotatable bonds is 4. The van der Waals surface area contributed by atoms with E-state index < -0.39 is 0 Å². The average Bonchev–Trinajstić information content (AvgIpc) is 2.99. The minimum absolute atomic E-state index is 0.0383. The number of carbonyl (C=O) groups is 1. The molecule has 0 radical (unpaired) electrons. The quantitative estimate of drug-likeness (QED) is 0.886. The van der Waals surface area contributed by atoms with Crippen molar-refractivity contribution in [2.24, 2.45) is 0 Å². The van der Waals surface area contributed by atoms with Crippen molar-refractivity contribution in [2.75, 3.05) is 13.2 Å². The number of hydrogen-bond acceptors (Lipinski definition) is 2.